The lowest BCUT2D eigenvalue weighted by Gasteiger charge is -2.17. The number of hydrogen-bond donors (Lipinski definition) is 2. The molecule has 2 amide bonds. The molecule has 0 radical (unpaired) electrons. The molecule has 1 heterocycles. The number of nitro benzene ring substituents is 1. The van der Waals surface area contributed by atoms with Crippen molar-refractivity contribution in [1.82, 2.24) is 4.98 Å². The Kier molecular flexibility index (Phi) is 9.19. The largest absolute Gasteiger partial charge is 0.322 e. The van der Waals surface area contributed by atoms with Crippen molar-refractivity contribution < 1.29 is 14.5 Å². The highest BCUT2D eigenvalue weighted by Gasteiger charge is 2.24. The number of carbonyl (C=O) groups excluding carboxylic acids is 2. The van der Waals surface area contributed by atoms with Crippen LogP contribution in [0.5, 0.6) is 0 Å². The molecule has 0 fully saturated rings. The quantitative estimate of drug-likeness (QED) is 0.0951. The molecule has 0 saturated heterocycles. The summed E-state index contributed by atoms with van der Waals surface area (Å²) in [6, 6.07) is 27.0. The minimum absolute atomic E-state index is 0.0991. The van der Waals surface area contributed by atoms with Gasteiger partial charge in [-0.15, -0.1) is 23.1 Å². The first-order valence-electron chi connectivity index (χ1n) is 12.4. The molecule has 5 rings (SSSR count). The van der Waals surface area contributed by atoms with Crippen LogP contribution in [0.25, 0.3) is 11.3 Å². The maximum absolute atomic E-state index is 13.6. The molecule has 0 aliphatic carbocycles. The lowest BCUT2D eigenvalue weighted by atomic mass is 10.1. The second-order valence-corrected chi connectivity index (χ2v) is 11.7. The van der Waals surface area contributed by atoms with Crippen LogP contribution in [0.2, 0.25) is 10.0 Å². The highest BCUT2D eigenvalue weighted by atomic mass is 35.5. The Labute approximate surface area is 258 Å². The van der Waals surface area contributed by atoms with Gasteiger partial charge in [-0.25, -0.2) is 4.98 Å². The van der Waals surface area contributed by atoms with E-state index < -0.39 is 16.1 Å². The number of anilines is 2. The third-order valence-corrected chi connectivity index (χ3v) is 8.52. The topological polar surface area (TPSA) is 114 Å². The number of carbonyl (C=O) groups is 2. The van der Waals surface area contributed by atoms with Gasteiger partial charge in [0.1, 0.15) is 5.25 Å². The van der Waals surface area contributed by atoms with Crippen molar-refractivity contribution in [2.24, 2.45) is 0 Å². The maximum atomic E-state index is 13.6. The molecule has 0 saturated carbocycles. The number of thioether (sulfide) groups is 1. The number of thiazole rings is 1. The second-order valence-electron chi connectivity index (χ2n) is 8.85. The van der Waals surface area contributed by atoms with Gasteiger partial charge in [0.05, 0.1) is 15.6 Å². The molecule has 0 aliphatic heterocycles. The number of hydrogen-bond acceptors (Lipinski definition) is 7. The number of halogens is 2. The van der Waals surface area contributed by atoms with Gasteiger partial charge in [-0.05, 0) is 54.1 Å². The lowest BCUT2D eigenvalue weighted by molar-refractivity contribution is -0.384. The van der Waals surface area contributed by atoms with Crippen LogP contribution < -0.4 is 10.6 Å². The van der Waals surface area contributed by atoms with Gasteiger partial charge in [0, 0.05) is 44.2 Å². The minimum Gasteiger partial charge on any atom is -0.322 e. The molecule has 210 valence electrons. The highest BCUT2D eigenvalue weighted by Crippen LogP contribution is 2.38. The first kappa shape index (κ1) is 29.3. The Morgan fingerprint density at radius 1 is 0.905 bits per heavy atom. The Bertz CT molecular complexity index is 1770. The number of aromatic nitrogens is 1. The van der Waals surface area contributed by atoms with E-state index in [0.29, 0.717) is 32.1 Å². The fourth-order valence-corrected chi connectivity index (χ4v) is 6.25. The van der Waals surface area contributed by atoms with Crippen LogP contribution >= 0.6 is 46.3 Å². The monoisotopic (exact) mass is 634 g/mol. The lowest BCUT2D eigenvalue weighted by Crippen LogP contribution is -2.19. The summed E-state index contributed by atoms with van der Waals surface area (Å²) in [6.07, 6.45) is 0. The molecule has 42 heavy (non-hydrogen) atoms. The third kappa shape index (κ3) is 7.15. The molecule has 2 N–H and O–H groups in total. The van der Waals surface area contributed by atoms with E-state index >= 15 is 0 Å². The molecule has 1 atom stereocenters. The van der Waals surface area contributed by atoms with Crippen LogP contribution in [0.4, 0.5) is 16.5 Å². The Balaban J connectivity index is 1.33. The highest BCUT2D eigenvalue weighted by molar-refractivity contribution is 8.00. The molecular formula is C30H20Cl2N4O4S2. The van der Waals surface area contributed by atoms with Crippen LogP contribution in [0.3, 0.4) is 0 Å². The number of benzene rings is 4. The van der Waals surface area contributed by atoms with Gasteiger partial charge in [0.25, 0.3) is 11.6 Å². The first-order chi connectivity index (χ1) is 20.3. The SMILES string of the molecule is O=C(Nc1cccc(SC(C(=O)Nc2nc(-c3ccc(Cl)cc3Cl)cs2)c2ccccc2)c1)c1ccc([N+](=O)[O-])cc1. The van der Waals surface area contributed by atoms with E-state index in [1.54, 1.807) is 36.4 Å². The number of non-ortho nitro benzene ring substituents is 1. The zero-order valence-corrected chi connectivity index (χ0v) is 24.6. The van der Waals surface area contributed by atoms with Crippen LogP contribution in [-0.2, 0) is 4.79 Å². The smallest absolute Gasteiger partial charge is 0.269 e. The summed E-state index contributed by atoms with van der Waals surface area (Å²) in [5.74, 6) is -0.681. The zero-order valence-electron chi connectivity index (χ0n) is 21.5. The van der Waals surface area contributed by atoms with E-state index in [1.807, 2.05) is 41.8 Å². The van der Waals surface area contributed by atoms with Gasteiger partial charge in [-0.3, -0.25) is 19.7 Å². The Hall–Kier alpha value is -4.22. The summed E-state index contributed by atoms with van der Waals surface area (Å²) in [5.41, 5.74) is 2.82. The summed E-state index contributed by atoms with van der Waals surface area (Å²) >= 11 is 15.0. The van der Waals surface area contributed by atoms with Crippen LogP contribution in [0.15, 0.2) is 107 Å². The van der Waals surface area contributed by atoms with Crippen molar-refractivity contribution >= 4 is 74.6 Å². The third-order valence-electron chi connectivity index (χ3n) is 5.97. The molecule has 4 aromatic carbocycles. The summed E-state index contributed by atoms with van der Waals surface area (Å²) in [7, 11) is 0. The van der Waals surface area contributed by atoms with Gasteiger partial charge >= 0.3 is 0 Å². The van der Waals surface area contributed by atoms with E-state index in [4.69, 9.17) is 23.2 Å². The molecule has 0 bridgehead atoms. The van der Waals surface area contributed by atoms with Crippen LogP contribution in [-0.4, -0.2) is 21.7 Å². The van der Waals surface area contributed by atoms with Crippen LogP contribution in [0, 0.1) is 10.1 Å². The van der Waals surface area contributed by atoms with Gasteiger partial charge in [0.15, 0.2) is 5.13 Å². The molecule has 0 aliphatic rings. The van der Waals surface area contributed by atoms with E-state index in [2.05, 4.69) is 15.6 Å². The van der Waals surface area contributed by atoms with Gasteiger partial charge in [0.2, 0.25) is 5.91 Å². The van der Waals surface area contributed by atoms with Crippen molar-refractivity contribution in [2.45, 2.75) is 10.1 Å². The van der Waals surface area contributed by atoms with E-state index in [1.165, 1.54) is 47.4 Å². The van der Waals surface area contributed by atoms with E-state index in [0.717, 1.165) is 10.5 Å². The summed E-state index contributed by atoms with van der Waals surface area (Å²) < 4.78 is 0. The van der Waals surface area contributed by atoms with E-state index in [-0.39, 0.29) is 17.2 Å². The molecule has 5 aromatic rings. The fraction of sp³-hybridized carbons (Fsp3) is 0.0333. The number of amides is 2. The fourth-order valence-electron chi connectivity index (χ4n) is 3.94. The molecule has 1 aromatic heterocycles. The normalized spacial score (nSPS) is 11.5. The van der Waals surface area contributed by atoms with Crippen molar-refractivity contribution in [3.8, 4) is 11.3 Å². The minimum atomic E-state index is -0.627. The zero-order chi connectivity index (χ0) is 29.6. The molecule has 12 heteroatoms. The predicted molar refractivity (Wildman–Crippen MR) is 169 cm³/mol. The molecule has 8 nitrogen and oxygen atoms in total. The molecule has 1 unspecified atom stereocenters. The second kappa shape index (κ2) is 13.2. The van der Waals surface area contributed by atoms with Crippen molar-refractivity contribution in [3.05, 3.63) is 134 Å². The van der Waals surface area contributed by atoms with E-state index in [9.17, 15) is 19.7 Å². The van der Waals surface area contributed by atoms with Crippen molar-refractivity contribution in [3.63, 3.8) is 0 Å². The number of nitrogens with one attached hydrogen (secondary N) is 2. The van der Waals surface area contributed by atoms with Gasteiger partial charge in [-0.2, -0.15) is 0 Å². The van der Waals surface area contributed by atoms with Gasteiger partial charge in [-0.1, -0.05) is 59.6 Å². The van der Waals surface area contributed by atoms with Gasteiger partial charge < -0.3 is 10.6 Å². The number of nitro groups is 1. The van der Waals surface area contributed by atoms with Crippen molar-refractivity contribution in [1.29, 1.82) is 0 Å². The molecular weight excluding hydrogens is 615 g/mol. The predicted octanol–water partition coefficient (Wildman–Crippen LogP) is 8.75. The number of nitrogens with zero attached hydrogens (tertiary/aromatic N) is 2. The number of rotatable bonds is 9. The first-order valence-corrected chi connectivity index (χ1v) is 14.9. The van der Waals surface area contributed by atoms with Crippen molar-refractivity contribution in [2.75, 3.05) is 10.6 Å². The van der Waals surface area contributed by atoms with Crippen LogP contribution in [0.1, 0.15) is 21.2 Å². The molecule has 0 spiro atoms. The standard InChI is InChI=1S/C30H20Cl2N4O4S2/c31-20-11-14-24(25(32)15-20)26-17-41-30(34-26)35-29(38)27(18-5-2-1-3-6-18)42-23-8-4-7-21(16-23)33-28(37)19-9-12-22(13-10-19)36(39)40/h1-17,27H,(H,33,37)(H,34,35,38). The Morgan fingerprint density at radius 3 is 2.38 bits per heavy atom. The summed E-state index contributed by atoms with van der Waals surface area (Å²) in [6.45, 7) is 0. The maximum Gasteiger partial charge on any atom is 0.269 e. The summed E-state index contributed by atoms with van der Waals surface area (Å²) in [5, 5.41) is 19.2. The summed E-state index contributed by atoms with van der Waals surface area (Å²) in [4.78, 5) is 42.0. The average Bonchev–Trinajstić information content (AvgIpc) is 3.44. The Morgan fingerprint density at radius 2 is 1.67 bits per heavy atom. The average molecular weight is 636 g/mol.